The van der Waals surface area contributed by atoms with Gasteiger partial charge in [0.05, 0.1) is 23.8 Å². The lowest BCUT2D eigenvalue weighted by Gasteiger charge is -2.00. The minimum absolute atomic E-state index is 0.595. The fourth-order valence-electron chi connectivity index (χ4n) is 1.35. The third-order valence-electron chi connectivity index (χ3n) is 2.54. The van der Waals surface area contributed by atoms with E-state index < -0.39 is 0 Å². The van der Waals surface area contributed by atoms with Crippen LogP contribution in [0.15, 0.2) is 32.9 Å². The molecule has 0 atom stereocenters. The zero-order chi connectivity index (χ0) is 15.9. The van der Waals surface area contributed by atoms with Crippen LogP contribution in [0.4, 0.5) is 0 Å². The number of nitrogens with zero attached hydrogens (tertiary/aromatic N) is 8. The van der Waals surface area contributed by atoms with Crippen molar-refractivity contribution in [1.82, 2.24) is 30.4 Å². The first-order valence-electron chi connectivity index (χ1n) is 6.21. The highest BCUT2D eigenvalue weighted by molar-refractivity contribution is 7.98. The molecule has 0 spiro atoms. The van der Waals surface area contributed by atoms with Crippen LogP contribution in [0.5, 0.6) is 0 Å². The van der Waals surface area contributed by atoms with Crippen LogP contribution in [0.25, 0.3) is 0 Å². The smallest absolute Gasteiger partial charge is 0.209 e. The third-order valence-corrected chi connectivity index (χ3v) is 3.61. The SMILES string of the molecule is CSc1nncc(/C(C)=N\N=C(/C)c2cnnc(SC)n2)n1. The average Bonchev–Trinajstić information content (AvgIpc) is 2.59. The highest BCUT2D eigenvalue weighted by atomic mass is 32.2. The summed E-state index contributed by atoms with van der Waals surface area (Å²) < 4.78 is 0. The first kappa shape index (κ1) is 16.4. The van der Waals surface area contributed by atoms with Crippen LogP contribution < -0.4 is 0 Å². The molecule has 2 heterocycles. The van der Waals surface area contributed by atoms with Gasteiger partial charge >= 0.3 is 0 Å². The number of aromatic nitrogens is 6. The maximum absolute atomic E-state index is 4.32. The maximum Gasteiger partial charge on any atom is 0.209 e. The molecule has 22 heavy (non-hydrogen) atoms. The molecule has 0 aliphatic rings. The van der Waals surface area contributed by atoms with E-state index >= 15 is 0 Å². The summed E-state index contributed by atoms with van der Waals surface area (Å²) in [6.45, 7) is 3.63. The Balaban J connectivity index is 2.23. The predicted molar refractivity (Wildman–Crippen MR) is 87.6 cm³/mol. The maximum atomic E-state index is 4.32. The highest BCUT2D eigenvalue weighted by Crippen LogP contribution is 2.08. The Hall–Kier alpha value is -1.94. The molecule has 2 rings (SSSR count). The largest absolute Gasteiger partial charge is 0.218 e. The van der Waals surface area contributed by atoms with Crippen LogP contribution >= 0.6 is 23.5 Å². The lowest BCUT2D eigenvalue weighted by Crippen LogP contribution is -2.04. The third kappa shape index (κ3) is 4.28. The number of thioether (sulfide) groups is 2. The van der Waals surface area contributed by atoms with Gasteiger partial charge in [0.1, 0.15) is 11.4 Å². The van der Waals surface area contributed by atoms with Crippen LogP contribution in [0.3, 0.4) is 0 Å². The molecule has 0 N–H and O–H groups in total. The van der Waals surface area contributed by atoms with E-state index in [0.717, 1.165) is 0 Å². The van der Waals surface area contributed by atoms with E-state index in [2.05, 4.69) is 40.6 Å². The zero-order valence-corrected chi connectivity index (χ0v) is 14.2. The molecule has 0 aromatic carbocycles. The Bertz CT molecular complexity index is 654. The molecule has 0 saturated heterocycles. The van der Waals surface area contributed by atoms with E-state index in [0.29, 0.717) is 33.1 Å². The topological polar surface area (TPSA) is 102 Å². The lowest BCUT2D eigenvalue weighted by atomic mass is 10.3. The van der Waals surface area contributed by atoms with Gasteiger partial charge in [-0.1, -0.05) is 23.5 Å². The highest BCUT2D eigenvalue weighted by Gasteiger charge is 2.05. The van der Waals surface area contributed by atoms with Gasteiger partial charge in [0, 0.05) is 0 Å². The molecule has 0 amide bonds. The van der Waals surface area contributed by atoms with Gasteiger partial charge in [-0.25, -0.2) is 9.97 Å². The van der Waals surface area contributed by atoms with E-state index in [9.17, 15) is 0 Å². The fourth-order valence-corrected chi connectivity index (χ4v) is 1.99. The van der Waals surface area contributed by atoms with Crippen molar-refractivity contribution in [3.05, 3.63) is 23.8 Å². The molecule has 0 unspecified atom stereocenters. The van der Waals surface area contributed by atoms with Crippen LogP contribution in [-0.2, 0) is 0 Å². The minimum atomic E-state index is 0.595. The zero-order valence-electron chi connectivity index (χ0n) is 12.5. The number of hydrogen-bond acceptors (Lipinski definition) is 10. The molecule has 0 bridgehead atoms. The second kappa shape index (κ2) is 7.90. The van der Waals surface area contributed by atoms with Gasteiger partial charge < -0.3 is 0 Å². The monoisotopic (exact) mass is 334 g/mol. The normalized spacial score (nSPS) is 12.5. The number of hydrogen-bond donors (Lipinski definition) is 0. The Labute approximate surface area is 136 Å². The van der Waals surface area contributed by atoms with Crippen LogP contribution in [-0.4, -0.2) is 54.3 Å². The first-order chi connectivity index (χ1) is 10.6. The van der Waals surface area contributed by atoms with Crippen molar-refractivity contribution in [2.24, 2.45) is 10.2 Å². The van der Waals surface area contributed by atoms with Gasteiger partial charge in [0.15, 0.2) is 0 Å². The quantitative estimate of drug-likeness (QED) is 0.463. The summed E-state index contributed by atoms with van der Waals surface area (Å²) in [5.74, 6) is 0. The van der Waals surface area contributed by atoms with E-state index in [1.54, 1.807) is 12.4 Å². The molecule has 114 valence electrons. The standard InChI is InChI=1S/C12H14N8S2/c1-7(9-5-13-19-11(15-9)21-3)17-18-8(2)10-6-14-20-12(16-10)22-4/h5-6H,1-4H3/b17-7-,18-8+. The van der Waals surface area contributed by atoms with E-state index in [1.807, 2.05) is 26.4 Å². The lowest BCUT2D eigenvalue weighted by molar-refractivity contribution is 0.831. The summed E-state index contributed by atoms with van der Waals surface area (Å²) in [6, 6.07) is 0. The van der Waals surface area contributed by atoms with Gasteiger partial charge in [0.25, 0.3) is 0 Å². The number of rotatable bonds is 5. The van der Waals surface area contributed by atoms with Crippen molar-refractivity contribution in [3.63, 3.8) is 0 Å². The Morgan fingerprint density at radius 3 is 1.59 bits per heavy atom. The van der Waals surface area contributed by atoms with Crippen LogP contribution in [0, 0.1) is 0 Å². The second-order valence-corrected chi connectivity index (χ2v) is 5.57. The molecule has 0 saturated carbocycles. The van der Waals surface area contributed by atoms with Crippen molar-refractivity contribution in [1.29, 1.82) is 0 Å². The summed E-state index contributed by atoms with van der Waals surface area (Å²) in [5.41, 5.74) is 2.58. The molecular formula is C12H14N8S2. The average molecular weight is 334 g/mol. The molecule has 0 aliphatic heterocycles. The summed E-state index contributed by atoms with van der Waals surface area (Å²) >= 11 is 2.85. The van der Waals surface area contributed by atoms with Crippen LogP contribution in [0.2, 0.25) is 0 Å². The van der Waals surface area contributed by atoms with Crippen molar-refractivity contribution < 1.29 is 0 Å². The van der Waals surface area contributed by atoms with Crippen molar-refractivity contribution >= 4 is 34.9 Å². The van der Waals surface area contributed by atoms with Crippen molar-refractivity contribution in [2.45, 2.75) is 24.2 Å². The van der Waals surface area contributed by atoms with Crippen molar-refractivity contribution in [3.8, 4) is 0 Å². The molecule has 8 nitrogen and oxygen atoms in total. The van der Waals surface area contributed by atoms with E-state index in [1.165, 1.54) is 23.5 Å². The minimum Gasteiger partial charge on any atom is -0.218 e. The molecule has 10 heteroatoms. The van der Waals surface area contributed by atoms with Gasteiger partial charge in [-0.05, 0) is 26.4 Å². The Morgan fingerprint density at radius 2 is 1.23 bits per heavy atom. The Kier molecular flexibility index (Phi) is 5.90. The van der Waals surface area contributed by atoms with Gasteiger partial charge in [-0.2, -0.15) is 20.4 Å². The van der Waals surface area contributed by atoms with Gasteiger partial charge in [-0.3, -0.25) is 0 Å². The predicted octanol–water partition coefficient (Wildman–Crippen LogP) is 1.73. The molecule has 2 aromatic rings. The molecule has 0 radical (unpaired) electrons. The molecule has 2 aromatic heterocycles. The summed E-state index contributed by atoms with van der Waals surface area (Å²) in [4.78, 5) is 8.63. The second-order valence-electron chi connectivity index (χ2n) is 4.03. The van der Waals surface area contributed by atoms with Crippen LogP contribution in [0.1, 0.15) is 25.2 Å². The Morgan fingerprint density at radius 1 is 0.818 bits per heavy atom. The molecular weight excluding hydrogens is 320 g/mol. The molecule has 0 aliphatic carbocycles. The van der Waals surface area contributed by atoms with E-state index in [-0.39, 0.29) is 0 Å². The fraction of sp³-hybridized carbons (Fsp3) is 0.333. The summed E-state index contributed by atoms with van der Waals surface area (Å²) in [6.07, 6.45) is 6.89. The van der Waals surface area contributed by atoms with Crippen molar-refractivity contribution in [2.75, 3.05) is 12.5 Å². The molecule has 0 fully saturated rings. The van der Waals surface area contributed by atoms with Gasteiger partial charge in [0.2, 0.25) is 10.3 Å². The summed E-state index contributed by atoms with van der Waals surface area (Å²) in [5, 5.41) is 25.1. The first-order valence-corrected chi connectivity index (χ1v) is 8.66. The van der Waals surface area contributed by atoms with E-state index in [4.69, 9.17) is 0 Å². The van der Waals surface area contributed by atoms with Gasteiger partial charge in [-0.15, -0.1) is 10.2 Å². The summed E-state index contributed by atoms with van der Waals surface area (Å²) in [7, 11) is 0.